The second-order valence-electron chi connectivity index (χ2n) is 6.56. The van der Waals surface area contributed by atoms with Gasteiger partial charge in [0.15, 0.2) is 0 Å². The Labute approximate surface area is 121 Å². The van der Waals surface area contributed by atoms with E-state index in [2.05, 4.69) is 5.32 Å². The van der Waals surface area contributed by atoms with Crippen LogP contribution in [-0.4, -0.2) is 11.5 Å². The summed E-state index contributed by atoms with van der Waals surface area (Å²) in [4.78, 5) is 12.0. The first-order chi connectivity index (χ1) is 9.44. The van der Waals surface area contributed by atoms with E-state index in [0.717, 1.165) is 24.2 Å². The highest BCUT2D eigenvalue weighted by Crippen LogP contribution is 2.25. The van der Waals surface area contributed by atoms with E-state index >= 15 is 0 Å². The van der Waals surface area contributed by atoms with Crippen LogP contribution >= 0.6 is 0 Å². The van der Waals surface area contributed by atoms with Crippen molar-refractivity contribution in [2.45, 2.75) is 58.6 Å². The minimum Gasteiger partial charge on any atom is -0.488 e. The number of benzene rings is 1. The van der Waals surface area contributed by atoms with Gasteiger partial charge in [-0.2, -0.15) is 0 Å². The molecule has 1 aliphatic rings. The number of rotatable bonds is 4. The molecule has 1 saturated carbocycles. The Balaban J connectivity index is 1.89. The Hall–Kier alpha value is -1.51. The first-order valence-electron chi connectivity index (χ1n) is 7.50. The minimum absolute atomic E-state index is 0.199. The number of carbonyl (C=O) groups is 1. The highest BCUT2D eigenvalue weighted by molar-refractivity contribution is 5.78. The lowest BCUT2D eigenvalue weighted by Gasteiger charge is -2.21. The number of hydrogen-bond acceptors (Lipinski definition) is 2. The predicted molar refractivity (Wildman–Crippen MR) is 80.6 cm³/mol. The van der Waals surface area contributed by atoms with Crippen LogP contribution in [0.2, 0.25) is 0 Å². The van der Waals surface area contributed by atoms with Crippen molar-refractivity contribution in [3.8, 4) is 5.75 Å². The molecule has 1 N–H and O–H groups in total. The van der Waals surface area contributed by atoms with E-state index in [4.69, 9.17) is 4.74 Å². The Bertz CT molecular complexity index is 456. The van der Waals surface area contributed by atoms with E-state index in [1.807, 2.05) is 45.0 Å². The number of nitrogens with one attached hydrogen (secondary N) is 1. The third-order valence-corrected chi connectivity index (χ3v) is 3.52. The molecule has 0 unspecified atom stereocenters. The van der Waals surface area contributed by atoms with E-state index in [1.165, 1.54) is 12.8 Å². The quantitative estimate of drug-likeness (QED) is 0.910. The zero-order chi connectivity index (χ0) is 14.6. The summed E-state index contributed by atoms with van der Waals surface area (Å²) in [5.41, 5.74) is 0.879. The van der Waals surface area contributed by atoms with Gasteiger partial charge < -0.3 is 10.1 Å². The predicted octanol–water partition coefficient (Wildman–Crippen LogP) is 3.67. The molecule has 1 amide bonds. The molecule has 2 rings (SSSR count). The van der Waals surface area contributed by atoms with Gasteiger partial charge in [0.1, 0.15) is 11.4 Å². The molecule has 1 fully saturated rings. The van der Waals surface area contributed by atoms with Crippen molar-refractivity contribution in [1.82, 2.24) is 5.32 Å². The van der Waals surface area contributed by atoms with E-state index in [-0.39, 0.29) is 17.4 Å². The van der Waals surface area contributed by atoms with Crippen LogP contribution in [0, 0.1) is 5.92 Å². The first kappa shape index (κ1) is 14.9. The average Bonchev–Trinajstić information content (AvgIpc) is 2.88. The summed E-state index contributed by atoms with van der Waals surface area (Å²) in [6.07, 6.45) is 4.46. The Kier molecular flexibility index (Phi) is 4.69. The smallest absolute Gasteiger partial charge is 0.223 e. The Morgan fingerprint density at radius 2 is 2.00 bits per heavy atom. The highest BCUT2D eigenvalue weighted by atomic mass is 16.5. The Morgan fingerprint density at radius 3 is 2.65 bits per heavy atom. The van der Waals surface area contributed by atoms with Gasteiger partial charge in [-0.25, -0.2) is 0 Å². The first-order valence-corrected chi connectivity index (χ1v) is 7.50. The van der Waals surface area contributed by atoms with Crippen LogP contribution in [0.3, 0.4) is 0 Å². The third-order valence-electron chi connectivity index (χ3n) is 3.52. The summed E-state index contributed by atoms with van der Waals surface area (Å²) < 4.78 is 5.84. The zero-order valence-electron chi connectivity index (χ0n) is 12.7. The van der Waals surface area contributed by atoms with Gasteiger partial charge in [0, 0.05) is 12.5 Å². The molecule has 0 bridgehead atoms. The molecule has 0 radical (unpaired) electrons. The molecule has 0 aromatic heterocycles. The maximum Gasteiger partial charge on any atom is 0.223 e. The summed E-state index contributed by atoms with van der Waals surface area (Å²) in [5.74, 6) is 1.28. The lowest BCUT2D eigenvalue weighted by molar-refractivity contribution is -0.124. The molecule has 0 aliphatic heterocycles. The zero-order valence-corrected chi connectivity index (χ0v) is 12.7. The van der Waals surface area contributed by atoms with E-state index in [9.17, 15) is 4.79 Å². The summed E-state index contributed by atoms with van der Waals surface area (Å²) in [6, 6.07) is 7.94. The summed E-state index contributed by atoms with van der Waals surface area (Å²) in [6.45, 7) is 6.67. The maximum atomic E-state index is 12.0. The molecule has 3 nitrogen and oxygen atoms in total. The molecule has 1 aliphatic carbocycles. The van der Waals surface area contributed by atoms with E-state index in [1.54, 1.807) is 0 Å². The molecule has 3 heteroatoms. The van der Waals surface area contributed by atoms with Crippen LogP contribution in [0.25, 0.3) is 0 Å². The lowest BCUT2D eigenvalue weighted by atomic mass is 10.1. The third kappa shape index (κ3) is 4.55. The van der Waals surface area contributed by atoms with Gasteiger partial charge in [0.05, 0.1) is 0 Å². The van der Waals surface area contributed by atoms with Gasteiger partial charge in [-0.05, 0) is 51.3 Å². The van der Waals surface area contributed by atoms with Crippen LogP contribution < -0.4 is 10.1 Å². The van der Waals surface area contributed by atoms with Crippen LogP contribution in [0.1, 0.15) is 52.0 Å². The van der Waals surface area contributed by atoms with Crippen molar-refractivity contribution >= 4 is 5.91 Å². The monoisotopic (exact) mass is 275 g/mol. The van der Waals surface area contributed by atoms with Crippen molar-refractivity contribution in [2.24, 2.45) is 5.92 Å². The van der Waals surface area contributed by atoms with Gasteiger partial charge in [0.2, 0.25) is 5.91 Å². The van der Waals surface area contributed by atoms with E-state index in [0.29, 0.717) is 6.54 Å². The van der Waals surface area contributed by atoms with Gasteiger partial charge >= 0.3 is 0 Å². The molecule has 0 heterocycles. The number of amides is 1. The largest absolute Gasteiger partial charge is 0.488 e. The molecule has 1 aromatic rings. The van der Waals surface area contributed by atoms with Crippen LogP contribution in [0.5, 0.6) is 5.75 Å². The fourth-order valence-corrected chi connectivity index (χ4v) is 2.59. The number of carbonyl (C=O) groups excluding carboxylic acids is 1. The van der Waals surface area contributed by atoms with Gasteiger partial charge in [-0.1, -0.05) is 25.0 Å². The molecular weight excluding hydrogens is 250 g/mol. The molecule has 110 valence electrons. The summed E-state index contributed by atoms with van der Waals surface area (Å²) >= 11 is 0. The van der Waals surface area contributed by atoms with Crippen molar-refractivity contribution in [3.05, 3.63) is 29.8 Å². The van der Waals surface area contributed by atoms with Gasteiger partial charge in [-0.3, -0.25) is 4.79 Å². The van der Waals surface area contributed by atoms with Crippen molar-refractivity contribution in [3.63, 3.8) is 0 Å². The molecular formula is C17H25NO2. The van der Waals surface area contributed by atoms with Gasteiger partial charge in [-0.15, -0.1) is 0 Å². The second-order valence-corrected chi connectivity index (χ2v) is 6.56. The van der Waals surface area contributed by atoms with Crippen molar-refractivity contribution < 1.29 is 9.53 Å². The fourth-order valence-electron chi connectivity index (χ4n) is 2.59. The standard InChI is InChI=1S/C17H25NO2/c1-17(2,3)20-15-10-6-7-13(11-15)12-18-16(19)14-8-4-5-9-14/h6-7,10-11,14H,4-5,8-9,12H2,1-3H3,(H,18,19). The van der Waals surface area contributed by atoms with Crippen molar-refractivity contribution in [2.75, 3.05) is 0 Å². The summed E-state index contributed by atoms with van der Waals surface area (Å²) in [7, 11) is 0. The highest BCUT2D eigenvalue weighted by Gasteiger charge is 2.22. The second kappa shape index (κ2) is 6.29. The fraction of sp³-hybridized carbons (Fsp3) is 0.588. The maximum absolute atomic E-state index is 12.0. The molecule has 0 saturated heterocycles. The molecule has 20 heavy (non-hydrogen) atoms. The van der Waals surface area contributed by atoms with Crippen molar-refractivity contribution in [1.29, 1.82) is 0 Å². The topological polar surface area (TPSA) is 38.3 Å². The van der Waals surface area contributed by atoms with Crippen LogP contribution in [0.15, 0.2) is 24.3 Å². The molecule has 0 atom stereocenters. The molecule has 1 aromatic carbocycles. The lowest BCUT2D eigenvalue weighted by Crippen LogP contribution is -2.28. The Morgan fingerprint density at radius 1 is 1.30 bits per heavy atom. The van der Waals surface area contributed by atoms with E-state index < -0.39 is 0 Å². The van der Waals surface area contributed by atoms with Gasteiger partial charge in [0.25, 0.3) is 0 Å². The molecule has 0 spiro atoms. The van der Waals surface area contributed by atoms with Crippen LogP contribution in [-0.2, 0) is 11.3 Å². The number of hydrogen-bond donors (Lipinski definition) is 1. The average molecular weight is 275 g/mol. The summed E-state index contributed by atoms with van der Waals surface area (Å²) in [5, 5.41) is 3.04. The number of ether oxygens (including phenoxy) is 1. The van der Waals surface area contributed by atoms with Crippen LogP contribution in [0.4, 0.5) is 0 Å². The minimum atomic E-state index is -0.203. The normalized spacial score (nSPS) is 16.1. The SMILES string of the molecule is CC(C)(C)Oc1cccc(CNC(=O)C2CCCC2)c1.